The summed E-state index contributed by atoms with van der Waals surface area (Å²) in [6.45, 7) is 1.41. The van der Waals surface area contributed by atoms with E-state index in [2.05, 4.69) is 10.6 Å². The molecule has 0 saturated carbocycles. The van der Waals surface area contributed by atoms with Gasteiger partial charge in [-0.3, -0.25) is 24.5 Å². The van der Waals surface area contributed by atoms with Gasteiger partial charge in [-0.05, 0) is 37.6 Å². The van der Waals surface area contributed by atoms with Crippen LogP contribution in [0.1, 0.15) is 30.1 Å². The van der Waals surface area contributed by atoms with Crippen molar-refractivity contribution in [3.63, 3.8) is 0 Å². The fourth-order valence-corrected chi connectivity index (χ4v) is 3.23. The van der Waals surface area contributed by atoms with Crippen molar-refractivity contribution in [2.45, 2.75) is 25.8 Å². The van der Waals surface area contributed by atoms with Gasteiger partial charge in [-0.1, -0.05) is 12.1 Å². The van der Waals surface area contributed by atoms with Crippen LogP contribution in [0.3, 0.4) is 0 Å². The molecular formula is C22H22N4O7. The number of rotatable bonds is 8. The predicted octanol–water partition coefficient (Wildman–Crippen LogP) is 2.02. The lowest BCUT2D eigenvalue weighted by molar-refractivity contribution is -0.384. The van der Waals surface area contributed by atoms with E-state index in [1.807, 2.05) is 0 Å². The Balaban J connectivity index is 1.49. The molecule has 3 amide bonds. The summed E-state index contributed by atoms with van der Waals surface area (Å²) in [5, 5.41) is 15.8. The number of benzene rings is 2. The Morgan fingerprint density at radius 1 is 1.18 bits per heavy atom. The third kappa shape index (κ3) is 6.12. The fourth-order valence-electron chi connectivity index (χ4n) is 3.23. The van der Waals surface area contributed by atoms with Crippen LogP contribution in [0, 0.1) is 10.1 Å². The highest BCUT2D eigenvalue weighted by atomic mass is 16.6. The maximum Gasteiger partial charge on any atom is 0.328 e. The molecule has 11 nitrogen and oxygen atoms in total. The molecule has 0 unspecified atom stereocenters. The average molecular weight is 454 g/mol. The van der Waals surface area contributed by atoms with E-state index in [0.29, 0.717) is 24.3 Å². The molecule has 11 heteroatoms. The molecule has 1 heterocycles. The number of anilines is 2. The number of hydrogen-bond donors (Lipinski definition) is 2. The number of carbonyl (C=O) groups excluding carboxylic acids is 4. The maximum atomic E-state index is 12.2. The van der Waals surface area contributed by atoms with Crippen LogP contribution in [-0.2, 0) is 19.1 Å². The lowest BCUT2D eigenvalue weighted by Crippen LogP contribution is -2.40. The lowest BCUT2D eigenvalue weighted by atomic mass is 10.2. The summed E-state index contributed by atoms with van der Waals surface area (Å²) < 4.78 is 4.95. The van der Waals surface area contributed by atoms with Crippen LogP contribution in [0.2, 0.25) is 0 Å². The standard InChI is InChI=1S/C22H22N4O7/c1-14(23-21(29)15-5-2-8-18(11-15)26(31)32)22(30)33-13-19(27)24-16-6-3-7-17(12-16)25-10-4-9-20(25)28/h2-3,5-8,11-12,14H,4,9-10,13H2,1H3,(H,23,29)(H,24,27)/t14-/m0/s1. The monoisotopic (exact) mass is 454 g/mol. The van der Waals surface area contributed by atoms with Crippen LogP contribution in [0.4, 0.5) is 17.1 Å². The van der Waals surface area contributed by atoms with Crippen molar-refractivity contribution >= 4 is 40.8 Å². The number of nitrogens with one attached hydrogen (secondary N) is 2. The largest absolute Gasteiger partial charge is 0.454 e. The SMILES string of the molecule is C[C@H](NC(=O)c1cccc([N+](=O)[O-])c1)C(=O)OCC(=O)Nc1cccc(N2CCCC2=O)c1. The number of carbonyl (C=O) groups is 4. The summed E-state index contributed by atoms with van der Waals surface area (Å²) in [6.07, 6.45) is 1.27. The number of ether oxygens (including phenoxy) is 1. The zero-order valence-corrected chi connectivity index (χ0v) is 17.8. The van der Waals surface area contributed by atoms with Gasteiger partial charge in [0.1, 0.15) is 6.04 Å². The van der Waals surface area contributed by atoms with Gasteiger partial charge in [0.05, 0.1) is 4.92 Å². The molecule has 0 aromatic heterocycles. The van der Waals surface area contributed by atoms with E-state index in [-0.39, 0.29) is 17.2 Å². The summed E-state index contributed by atoms with van der Waals surface area (Å²) in [5.74, 6) is -2.11. The van der Waals surface area contributed by atoms with E-state index in [4.69, 9.17) is 4.74 Å². The van der Waals surface area contributed by atoms with Gasteiger partial charge in [0, 0.05) is 42.0 Å². The van der Waals surface area contributed by atoms with Gasteiger partial charge in [-0.2, -0.15) is 0 Å². The van der Waals surface area contributed by atoms with E-state index in [0.717, 1.165) is 12.5 Å². The molecule has 2 aromatic rings. The number of nitro groups is 1. The van der Waals surface area contributed by atoms with Crippen molar-refractivity contribution in [1.29, 1.82) is 0 Å². The second-order valence-corrected chi connectivity index (χ2v) is 7.36. The molecule has 1 aliphatic rings. The number of hydrogen-bond acceptors (Lipinski definition) is 7. The van der Waals surface area contributed by atoms with Crippen LogP contribution in [0.15, 0.2) is 48.5 Å². The van der Waals surface area contributed by atoms with Gasteiger partial charge in [0.15, 0.2) is 6.61 Å². The highest BCUT2D eigenvalue weighted by Gasteiger charge is 2.22. The lowest BCUT2D eigenvalue weighted by Gasteiger charge is -2.17. The van der Waals surface area contributed by atoms with Crippen molar-refractivity contribution in [2.24, 2.45) is 0 Å². The van der Waals surface area contributed by atoms with Crippen LogP contribution in [-0.4, -0.2) is 47.8 Å². The van der Waals surface area contributed by atoms with Gasteiger partial charge in [-0.15, -0.1) is 0 Å². The van der Waals surface area contributed by atoms with E-state index in [9.17, 15) is 29.3 Å². The quantitative estimate of drug-likeness (QED) is 0.352. The van der Waals surface area contributed by atoms with E-state index < -0.39 is 35.4 Å². The molecule has 0 spiro atoms. The van der Waals surface area contributed by atoms with E-state index >= 15 is 0 Å². The van der Waals surface area contributed by atoms with E-state index in [1.54, 1.807) is 29.2 Å². The average Bonchev–Trinajstić information content (AvgIpc) is 3.23. The number of amides is 3. The molecule has 33 heavy (non-hydrogen) atoms. The summed E-state index contributed by atoms with van der Waals surface area (Å²) in [6, 6.07) is 10.7. The second-order valence-electron chi connectivity index (χ2n) is 7.36. The Labute approximate surface area is 188 Å². The highest BCUT2D eigenvalue weighted by Crippen LogP contribution is 2.24. The Morgan fingerprint density at radius 2 is 1.94 bits per heavy atom. The molecule has 1 saturated heterocycles. The molecule has 3 rings (SSSR count). The van der Waals surface area contributed by atoms with Crippen molar-refractivity contribution in [3.8, 4) is 0 Å². The van der Waals surface area contributed by atoms with Crippen LogP contribution in [0.5, 0.6) is 0 Å². The Bertz CT molecular complexity index is 1100. The Hall–Kier alpha value is -4.28. The van der Waals surface area contributed by atoms with Gasteiger partial charge >= 0.3 is 5.97 Å². The highest BCUT2D eigenvalue weighted by molar-refractivity contribution is 5.99. The van der Waals surface area contributed by atoms with Crippen molar-refractivity contribution in [1.82, 2.24) is 5.32 Å². The molecule has 1 fully saturated rings. The number of esters is 1. The minimum absolute atomic E-state index is 0.0120. The number of nitrogens with zero attached hydrogens (tertiary/aromatic N) is 2. The third-order valence-corrected chi connectivity index (χ3v) is 4.88. The maximum absolute atomic E-state index is 12.2. The number of non-ortho nitro benzene ring substituents is 1. The summed E-state index contributed by atoms with van der Waals surface area (Å²) in [7, 11) is 0. The van der Waals surface area contributed by atoms with Gasteiger partial charge < -0.3 is 20.3 Å². The molecular weight excluding hydrogens is 432 g/mol. The van der Waals surface area contributed by atoms with Gasteiger partial charge in [-0.25, -0.2) is 4.79 Å². The van der Waals surface area contributed by atoms with Crippen molar-refractivity contribution < 1.29 is 28.8 Å². The third-order valence-electron chi connectivity index (χ3n) is 4.88. The van der Waals surface area contributed by atoms with Gasteiger partial charge in [0.2, 0.25) is 5.91 Å². The van der Waals surface area contributed by atoms with Crippen molar-refractivity contribution in [2.75, 3.05) is 23.4 Å². The minimum atomic E-state index is -1.09. The molecule has 172 valence electrons. The Morgan fingerprint density at radius 3 is 2.64 bits per heavy atom. The molecule has 2 aromatic carbocycles. The predicted molar refractivity (Wildman–Crippen MR) is 118 cm³/mol. The summed E-state index contributed by atoms with van der Waals surface area (Å²) in [4.78, 5) is 60.2. The minimum Gasteiger partial charge on any atom is -0.454 e. The summed E-state index contributed by atoms with van der Waals surface area (Å²) >= 11 is 0. The molecule has 0 radical (unpaired) electrons. The molecule has 0 aliphatic carbocycles. The first kappa shape index (κ1) is 23.4. The molecule has 1 atom stereocenters. The molecule has 0 bridgehead atoms. The van der Waals surface area contributed by atoms with Crippen LogP contribution < -0.4 is 15.5 Å². The second kappa shape index (κ2) is 10.4. The molecule has 2 N–H and O–H groups in total. The first-order chi connectivity index (χ1) is 15.7. The summed E-state index contributed by atoms with van der Waals surface area (Å²) in [5.41, 5.74) is 0.871. The zero-order valence-electron chi connectivity index (χ0n) is 17.8. The van der Waals surface area contributed by atoms with Gasteiger partial charge in [0.25, 0.3) is 17.5 Å². The van der Waals surface area contributed by atoms with Crippen LogP contribution >= 0.6 is 0 Å². The first-order valence-corrected chi connectivity index (χ1v) is 10.2. The number of nitro benzene ring substituents is 1. The zero-order chi connectivity index (χ0) is 24.0. The topological polar surface area (TPSA) is 148 Å². The van der Waals surface area contributed by atoms with Crippen molar-refractivity contribution in [3.05, 3.63) is 64.2 Å². The Kier molecular flexibility index (Phi) is 7.34. The fraction of sp³-hybridized carbons (Fsp3) is 0.273. The van der Waals surface area contributed by atoms with Crippen LogP contribution in [0.25, 0.3) is 0 Å². The smallest absolute Gasteiger partial charge is 0.328 e. The molecule has 1 aliphatic heterocycles. The van der Waals surface area contributed by atoms with E-state index in [1.165, 1.54) is 25.1 Å². The normalized spacial score (nSPS) is 13.8. The first-order valence-electron chi connectivity index (χ1n) is 10.2.